The van der Waals surface area contributed by atoms with Crippen molar-refractivity contribution in [1.29, 1.82) is 0 Å². The van der Waals surface area contributed by atoms with Gasteiger partial charge in [-0.05, 0) is 29.8 Å². The van der Waals surface area contributed by atoms with Crippen LogP contribution in [0.5, 0.6) is 5.75 Å². The normalized spacial score (nSPS) is 10.3. The molecule has 0 aliphatic rings. The number of carbonyl (C=O) groups excluding carboxylic acids is 1. The van der Waals surface area contributed by atoms with Crippen LogP contribution in [-0.4, -0.2) is 13.0 Å². The summed E-state index contributed by atoms with van der Waals surface area (Å²) in [5.41, 5.74) is 3.02. The van der Waals surface area contributed by atoms with Crippen molar-refractivity contribution in [3.05, 3.63) is 53.5 Å². The zero-order valence-corrected chi connectivity index (χ0v) is 11.1. The molecule has 0 unspecified atom stereocenters. The fourth-order valence-electron chi connectivity index (χ4n) is 1.69. The Balaban J connectivity index is 1.96. The highest BCUT2D eigenvalue weighted by Crippen LogP contribution is 2.16. The van der Waals surface area contributed by atoms with Gasteiger partial charge in [-0.15, -0.1) is 0 Å². The number of amides is 1. The van der Waals surface area contributed by atoms with Gasteiger partial charge in [0.1, 0.15) is 18.1 Å². The number of carbonyl (C=O) groups is 1. The Labute approximate surface area is 116 Å². The molecule has 0 saturated heterocycles. The van der Waals surface area contributed by atoms with Gasteiger partial charge in [-0.3, -0.25) is 10.2 Å². The van der Waals surface area contributed by atoms with Crippen LogP contribution in [0.2, 0.25) is 0 Å². The number of nitrogens with one attached hydrogen (secondary N) is 1. The largest absolute Gasteiger partial charge is 0.486 e. The molecular weight excluding hydrogens is 260 g/mol. The molecule has 2 aromatic rings. The average molecular weight is 276 g/mol. The van der Waals surface area contributed by atoms with Gasteiger partial charge in [0.2, 0.25) is 0 Å². The molecule has 106 valence electrons. The van der Waals surface area contributed by atoms with Gasteiger partial charge in [0.25, 0.3) is 0 Å². The van der Waals surface area contributed by atoms with Gasteiger partial charge >= 0.3 is 5.91 Å². The van der Waals surface area contributed by atoms with Crippen molar-refractivity contribution < 1.29 is 18.7 Å². The molecule has 6 heteroatoms. The predicted octanol–water partition coefficient (Wildman–Crippen LogP) is 1.61. The second-order valence-electron chi connectivity index (χ2n) is 4.11. The van der Waals surface area contributed by atoms with Crippen LogP contribution < -0.4 is 16.0 Å². The fraction of sp³-hybridized carbons (Fsp3) is 0.214. The Hall–Kier alpha value is -2.31. The Bertz CT molecular complexity index is 580. The lowest BCUT2D eigenvalue weighted by atomic mass is 10.2. The molecular formula is C14H16N2O4. The van der Waals surface area contributed by atoms with Crippen LogP contribution in [0.1, 0.15) is 21.9 Å². The van der Waals surface area contributed by atoms with E-state index in [-0.39, 0.29) is 12.4 Å². The van der Waals surface area contributed by atoms with Crippen molar-refractivity contribution in [3.63, 3.8) is 0 Å². The molecule has 3 N–H and O–H groups in total. The number of nitrogens with two attached hydrogens (primary N) is 1. The first-order valence-corrected chi connectivity index (χ1v) is 6.03. The topological polar surface area (TPSA) is 86.7 Å². The molecule has 1 heterocycles. The van der Waals surface area contributed by atoms with E-state index in [9.17, 15) is 4.79 Å². The minimum absolute atomic E-state index is 0.152. The van der Waals surface area contributed by atoms with Gasteiger partial charge in [0, 0.05) is 7.11 Å². The number of rotatable bonds is 6. The molecule has 0 aliphatic heterocycles. The molecule has 0 bridgehead atoms. The van der Waals surface area contributed by atoms with Gasteiger partial charge in [-0.2, -0.15) is 0 Å². The maximum atomic E-state index is 11.2. The summed E-state index contributed by atoms with van der Waals surface area (Å²) in [4.78, 5) is 11.2. The standard InChI is InChI=1S/C14H16N2O4/c1-18-8-10-3-2-4-11(7-10)19-9-12-5-6-13(20-12)14(17)16-15/h2-7H,8-9,15H2,1H3,(H,16,17). The smallest absolute Gasteiger partial charge is 0.300 e. The number of hydrazine groups is 1. The van der Waals surface area contributed by atoms with Crippen molar-refractivity contribution in [2.24, 2.45) is 5.84 Å². The first kappa shape index (κ1) is 14.1. The quantitative estimate of drug-likeness (QED) is 0.475. The summed E-state index contributed by atoms with van der Waals surface area (Å²) < 4.78 is 15.9. The number of hydrogen-bond acceptors (Lipinski definition) is 5. The van der Waals surface area contributed by atoms with E-state index in [0.29, 0.717) is 18.1 Å². The first-order valence-electron chi connectivity index (χ1n) is 6.03. The maximum Gasteiger partial charge on any atom is 0.300 e. The SMILES string of the molecule is COCc1cccc(OCc2ccc(C(=O)NN)o2)c1. The Morgan fingerprint density at radius 1 is 1.30 bits per heavy atom. The van der Waals surface area contributed by atoms with E-state index < -0.39 is 5.91 Å². The van der Waals surface area contributed by atoms with Crippen molar-refractivity contribution in [2.45, 2.75) is 13.2 Å². The highest BCUT2D eigenvalue weighted by Gasteiger charge is 2.09. The van der Waals surface area contributed by atoms with Crippen molar-refractivity contribution in [1.82, 2.24) is 5.43 Å². The lowest BCUT2D eigenvalue weighted by Gasteiger charge is -2.06. The Morgan fingerprint density at radius 2 is 2.15 bits per heavy atom. The fourth-order valence-corrected chi connectivity index (χ4v) is 1.69. The lowest BCUT2D eigenvalue weighted by molar-refractivity contribution is 0.0922. The van der Waals surface area contributed by atoms with E-state index in [4.69, 9.17) is 19.7 Å². The van der Waals surface area contributed by atoms with Gasteiger partial charge in [-0.1, -0.05) is 12.1 Å². The minimum atomic E-state index is -0.474. The van der Waals surface area contributed by atoms with Crippen molar-refractivity contribution in [3.8, 4) is 5.75 Å². The van der Waals surface area contributed by atoms with Crippen LogP contribution in [0.3, 0.4) is 0 Å². The molecule has 2 rings (SSSR count). The van der Waals surface area contributed by atoms with E-state index in [0.717, 1.165) is 5.56 Å². The second-order valence-corrected chi connectivity index (χ2v) is 4.11. The molecule has 0 aliphatic carbocycles. The van der Waals surface area contributed by atoms with Crippen LogP contribution in [0.4, 0.5) is 0 Å². The molecule has 0 saturated carbocycles. The highest BCUT2D eigenvalue weighted by molar-refractivity contribution is 5.90. The summed E-state index contributed by atoms with van der Waals surface area (Å²) in [5, 5.41) is 0. The van der Waals surface area contributed by atoms with Gasteiger partial charge in [0.05, 0.1) is 6.61 Å². The lowest BCUT2D eigenvalue weighted by Crippen LogP contribution is -2.29. The van der Waals surface area contributed by atoms with Crippen molar-refractivity contribution >= 4 is 5.91 Å². The molecule has 0 radical (unpaired) electrons. The van der Waals surface area contributed by atoms with E-state index >= 15 is 0 Å². The number of hydrogen-bond donors (Lipinski definition) is 2. The monoisotopic (exact) mass is 276 g/mol. The number of methoxy groups -OCH3 is 1. The molecule has 0 atom stereocenters. The second kappa shape index (κ2) is 6.74. The molecule has 1 amide bonds. The summed E-state index contributed by atoms with van der Waals surface area (Å²) in [5.74, 6) is 5.95. The predicted molar refractivity (Wildman–Crippen MR) is 71.8 cm³/mol. The van der Waals surface area contributed by atoms with Crippen molar-refractivity contribution in [2.75, 3.05) is 7.11 Å². The van der Waals surface area contributed by atoms with Gasteiger partial charge in [0.15, 0.2) is 5.76 Å². The van der Waals surface area contributed by atoms with Gasteiger partial charge < -0.3 is 13.9 Å². The third-order valence-electron chi connectivity index (χ3n) is 2.61. The molecule has 0 fully saturated rings. The van der Waals surface area contributed by atoms with Crippen LogP contribution >= 0.6 is 0 Å². The Morgan fingerprint density at radius 3 is 2.90 bits per heavy atom. The number of nitrogen functional groups attached to an aromatic ring is 1. The Kier molecular flexibility index (Phi) is 4.75. The summed E-state index contributed by atoms with van der Waals surface area (Å²) >= 11 is 0. The molecule has 0 spiro atoms. The molecule has 1 aromatic carbocycles. The van der Waals surface area contributed by atoms with Gasteiger partial charge in [-0.25, -0.2) is 5.84 Å². The third kappa shape index (κ3) is 3.59. The molecule has 1 aromatic heterocycles. The van der Waals surface area contributed by atoms with E-state index in [1.807, 2.05) is 29.7 Å². The maximum absolute atomic E-state index is 11.2. The molecule has 6 nitrogen and oxygen atoms in total. The minimum Gasteiger partial charge on any atom is -0.486 e. The van der Waals surface area contributed by atoms with E-state index in [2.05, 4.69) is 0 Å². The van der Waals surface area contributed by atoms with E-state index in [1.54, 1.807) is 19.2 Å². The first-order chi connectivity index (χ1) is 9.72. The summed E-state index contributed by atoms with van der Waals surface area (Å²) in [6, 6.07) is 10.8. The third-order valence-corrected chi connectivity index (χ3v) is 2.61. The number of furan rings is 1. The van der Waals surface area contributed by atoms with Crippen LogP contribution in [0.15, 0.2) is 40.8 Å². The number of benzene rings is 1. The zero-order valence-electron chi connectivity index (χ0n) is 11.1. The summed E-state index contributed by atoms with van der Waals surface area (Å²) in [6.45, 7) is 0.757. The summed E-state index contributed by atoms with van der Waals surface area (Å²) in [6.07, 6.45) is 0. The molecule has 20 heavy (non-hydrogen) atoms. The van der Waals surface area contributed by atoms with E-state index in [1.165, 1.54) is 0 Å². The zero-order chi connectivity index (χ0) is 14.4. The number of ether oxygens (including phenoxy) is 2. The summed E-state index contributed by atoms with van der Waals surface area (Å²) in [7, 11) is 1.64. The average Bonchev–Trinajstić information content (AvgIpc) is 2.94. The van der Waals surface area contributed by atoms with Crippen LogP contribution in [0.25, 0.3) is 0 Å². The highest BCUT2D eigenvalue weighted by atomic mass is 16.5. The van der Waals surface area contributed by atoms with Crippen LogP contribution in [0, 0.1) is 0 Å². The van der Waals surface area contributed by atoms with Crippen LogP contribution in [-0.2, 0) is 18.0 Å².